The highest BCUT2D eigenvalue weighted by atomic mass is 35.5. The van der Waals surface area contributed by atoms with Crippen molar-refractivity contribution in [2.24, 2.45) is 0 Å². The van der Waals surface area contributed by atoms with Gasteiger partial charge in [0.25, 0.3) is 5.91 Å². The summed E-state index contributed by atoms with van der Waals surface area (Å²) >= 11 is 7.48. The van der Waals surface area contributed by atoms with E-state index in [1.54, 1.807) is 35.6 Å². The van der Waals surface area contributed by atoms with Crippen molar-refractivity contribution in [3.05, 3.63) is 57.2 Å². The Morgan fingerprint density at radius 3 is 2.55 bits per heavy atom. The maximum atomic E-state index is 12.1. The summed E-state index contributed by atoms with van der Waals surface area (Å²) < 4.78 is 0. The number of rotatable bonds is 5. The third kappa shape index (κ3) is 3.82. The summed E-state index contributed by atoms with van der Waals surface area (Å²) in [4.78, 5) is 14.2. The molecule has 20 heavy (non-hydrogen) atoms. The zero-order valence-electron chi connectivity index (χ0n) is 11.5. The van der Waals surface area contributed by atoms with E-state index in [1.807, 2.05) is 19.5 Å². The van der Waals surface area contributed by atoms with Crippen molar-refractivity contribution < 1.29 is 4.79 Å². The molecule has 1 aromatic heterocycles. The number of hydrogen-bond donors (Lipinski definition) is 1. The highest BCUT2D eigenvalue weighted by Gasteiger charge is 2.16. The minimum Gasteiger partial charge on any atom is -0.350 e. The standard InChI is InChI=1S/C15H17ClN2OS/c1-18(2)14(12-7-8-20-10-12)9-17-15(19)11-3-5-13(16)6-4-11/h3-8,10,14H,9H2,1-2H3,(H,17,19)/t14-/m0/s1. The lowest BCUT2D eigenvalue weighted by Gasteiger charge is -2.24. The molecule has 0 radical (unpaired) electrons. The van der Waals surface area contributed by atoms with Crippen LogP contribution in [0.2, 0.25) is 5.02 Å². The van der Waals surface area contributed by atoms with E-state index in [9.17, 15) is 4.79 Å². The second kappa shape index (κ2) is 6.88. The Kier molecular flexibility index (Phi) is 5.17. The van der Waals surface area contributed by atoms with Crippen LogP contribution in [0.15, 0.2) is 41.1 Å². The summed E-state index contributed by atoms with van der Waals surface area (Å²) in [7, 11) is 4.02. The molecule has 1 heterocycles. The third-order valence-electron chi connectivity index (χ3n) is 3.11. The second-order valence-corrected chi connectivity index (χ2v) is 5.97. The lowest BCUT2D eigenvalue weighted by molar-refractivity contribution is 0.0942. The Morgan fingerprint density at radius 1 is 1.30 bits per heavy atom. The first-order chi connectivity index (χ1) is 9.58. The zero-order valence-corrected chi connectivity index (χ0v) is 13.0. The van der Waals surface area contributed by atoms with Gasteiger partial charge in [-0.15, -0.1) is 0 Å². The van der Waals surface area contributed by atoms with Crippen LogP contribution in [0.25, 0.3) is 0 Å². The topological polar surface area (TPSA) is 32.3 Å². The monoisotopic (exact) mass is 308 g/mol. The van der Waals surface area contributed by atoms with Crippen LogP contribution in [0.1, 0.15) is 22.0 Å². The molecule has 0 saturated carbocycles. The van der Waals surface area contributed by atoms with Crippen molar-refractivity contribution >= 4 is 28.8 Å². The van der Waals surface area contributed by atoms with Crippen molar-refractivity contribution in [1.82, 2.24) is 10.2 Å². The van der Waals surface area contributed by atoms with Crippen LogP contribution in [-0.4, -0.2) is 31.4 Å². The van der Waals surface area contributed by atoms with Gasteiger partial charge in [-0.1, -0.05) is 11.6 Å². The van der Waals surface area contributed by atoms with Gasteiger partial charge < -0.3 is 10.2 Å². The smallest absolute Gasteiger partial charge is 0.251 e. The van der Waals surface area contributed by atoms with Gasteiger partial charge in [0.2, 0.25) is 0 Å². The molecule has 0 bridgehead atoms. The van der Waals surface area contributed by atoms with E-state index in [2.05, 4.69) is 21.7 Å². The van der Waals surface area contributed by atoms with Gasteiger partial charge in [0.1, 0.15) is 0 Å². The highest BCUT2D eigenvalue weighted by Crippen LogP contribution is 2.20. The predicted molar refractivity (Wildman–Crippen MR) is 84.5 cm³/mol. The summed E-state index contributed by atoms with van der Waals surface area (Å²) in [6.45, 7) is 0.575. The summed E-state index contributed by atoms with van der Waals surface area (Å²) in [5, 5.41) is 7.76. The summed E-state index contributed by atoms with van der Waals surface area (Å²) in [5.41, 5.74) is 1.84. The Balaban J connectivity index is 1.99. The molecule has 0 spiro atoms. The molecule has 2 rings (SSSR count). The number of nitrogens with one attached hydrogen (secondary N) is 1. The van der Waals surface area contributed by atoms with E-state index in [0.29, 0.717) is 17.1 Å². The normalized spacial score (nSPS) is 12.4. The molecule has 0 fully saturated rings. The molecule has 0 saturated heterocycles. The molecule has 3 nitrogen and oxygen atoms in total. The SMILES string of the molecule is CN(C)[C@@H](CNC(=O)c1ccc(Cl)cc1)c1ccsc1. The molecule has 0 aliphatic carbocycles. The fourth-order valence-electron chi connectivity index (χ4n) is 1.96. The van der Waals surface area contributed by atoms with Gasteiger partial charge >= 0.3 is 0 Å². The summed E-state index contributed by atoms with van der Waals surface area (Å²) in [6.07, 6.45) is 0. The number of hydrogen-bond acceptors (Lipinski definition) is 3. The molecule has 0 aliphatic rings. The molecular formula is C15H17ClN2OS. The molecule has 1 atom stereocenters. The van der Waals surface area contributed by atoms with E-state index in [1.165, 1.54) is 5.56 Å². The Labute approximate surface area is 128 Å². The average Bonchev–Trinajstić information content (AvgIpc) is 2.93. The largest absolute Gasteiger partial charge is 0.350 e. The molecule has 1 amide bonds. The zero-order chi connectivity index (χ0) is 14.5. The van der Waals surface area contributed by atoms with Crippen LogP contribution in [0.4, 0.5) is 0 Å². The summed E-state index contributed by atoms with van der Waals surface area (Å²) in [5.74, 6) is -0.0799. The first kappa shape index (κ1) is 15.0. The van der Waals surface area contributed by atoms with Crippen LogP contribution < -0.4 is 5.32 Å². The number of halogens is 1. The Morgan fingerprint density at radius 2 is 2.00 bits per heavy atom. The fourth-order valence-corrected chi connectivity index (χ4v) is 2.79. The lowest BCUT2D eigenvalue weighted by Crippen LogP contribution is -2.34. The van der Waals surface area contributed by atoms with Crippen LogP contribution in [0.3, 0.4) is 0 Å². The molecular weight excluding hydrogens is 292 g/mol. The average molecular weight is 309 g/mol. The number of likely N-dealkylation sites (N-methyl/N-ethyl adjacent to an activating group) is 1. The van der Waals surface area contributed by atoms with Gasteiger partial charge in [0, 0.05) is 17.1 Å². The second-order valence-electron chi connectivity index (χ2n) is 4.75. The van der Waals surface area contributed by atoms with Crippen LogP contribution >= 0.6 is 22.9 Å². The maximum absolute atomic E-state index is 12.1. The third-order valence-corrected chi connectivity index (χ3v) is 4.07. The fraction of sp³-hybridized carbons (Fsp3) is 0.267. The first-order valence-corrected chi connectivity index (χ1v) is 7.62. The Bertz CT molecular complexity index is 552. The Hall–Kier alpha value is -1.36. The molecule has 2 aromatic rings. The molecule has 0 unspecified atom stereocenters. The highest BCUT2D eigenvalue weighted by molar-refractivity contribution is 7.07. The van der Waals surface area contributed by atoms with Gasteiger partial charge in [-0.2, -0.15) is 11.3 Å². The van der Waals surface area contributed by atoms with Crippen LogP contribution in [0.5, 0.6) is 0 Å². The minimum absolute atomic E-state index is 0.0799. The van der Waals surface area contributed by atoms with E-state index >= 15 is 0 Å². The van der Waals surface area contributed by atoms with Crippen LogP contribution in [0, 0.1) is 0 Å². The van der Waals surface area contributed by atoms with Gasteiger partial charge in [-0.3, -0.25) is 4.79 Å². The van der Waals surface area contributed by atoms with Crippen LogP contribution in [-0.2, 0) is 0 Å². The molecule has 1 aromatic carbocycles. The number of nitrogens with zero attached hydrogens (tertiary/aromatic N) is 1. The van der Waals surface area contributed by atoms with Crippen molar-refractivity contribution in [1.29, 1.82) is 0 Å². The van der Waals surface area contributed by atoms with Crippen molar-refractivity contribution in [2.45, 2.75) is 6.04 Å². The van der Waals surface area contributed by atoms with Gasteiger partial charge in [-0.25, -0.2) is 0 Å². The van der Waals surface area contributed by atoms with E-state index < -0.39 is 0 Å². The van der Waals surface area contributed by atoms with Gasteiger partial charge in [-0.05, 0) is 60.8 Å². The number of carbonyl (C=O) groups excluding carboxylic acids is 1. The molecule has 5 heteroatoms. The number of thiophene rings is 1. The van der Waals surface area contributed by atoms with Crippen molar-refractivity contribution in [3.8, 4) is 0 Å². The predicted octanol–water partition coefficient (Wildman–Crippen LogP) is 3.43. The van der Waals surface area contributed by atoms with E-state index in [0.717, 1.165) is 0 Å². The molecule has 0 aliphatic heterocycles. The maximum Gasteiger partial charge on any atom is 0.251 e. The first-order valence-electron chi connectivity index (χ1n) is 6.30. The van der Waals surface area contributed by atoms with E-state index in [-0.39, 0.29) is 11.9 Å². The number of benzene rings is 1. The quantitative estimate of drug-likeness (QED) is 0.918. The van der Waals surface area contributed by atoms with Gasteiger partial charge in [0.05, 0.1) is 6.04 Å². The van der Waals surface area contributed by atoms with Gasteiger partial charge in [0.15, 0.2) is 0 Å². The van der Waals surface area contributed by atoms with Crippen molar-refractivity contribution in [3.63, 3.8) is 0 Å². The molecule has 1 N–H and O–H groups in total. The number of carbonyl (C=O) groups is 1. The molecule has 106 valence electrons. The lowest BCUT2D eigenvalue weighted by atomic mass is 10.1. The summed E-state index contributed by atoms with van der Waals surface area (Å²) in [6, 6.07) is 9.17. The number of amides is 1. The van der Waals surface area contributed by atoms with Crippen molar-refractivity contribution in [2.75, 3.05) is 20.6 Å². The minimum atomic E-state index is -0.0799. The van der Waals surface area contributed by atoms with E-state index in [4.69, 9.17) is 11.6 Å².